The van der Waals surface area contributed by atoms with Gasteiger partial charge in [-0.05, 0) is 48.9 Å². The van der Waals surface area contributed by atoms with Crippen LogP contribution in [0.25, 0.3) is 11.5 Å². The lowest BCUT2D eigenvalue weighted by molar-refractivity contribution is 0.0984. The topological polar surface area (TPSA) is 85.0 Å². The van der Waals surface area contributed by atoms with E-state index in [1.54, 1.807) is 35.4 Å². The van der Waals surface area contributed by atoms with Crippen molar-refractivity contribution in [1.29, 1.82) is 0 Å². The van der Waals surface area contributed by atoms with Gasteiger partial charge in [0.05, 0.1) is 23.4 Å². The Kier molecular flexibility index (Phi) is 5.74. The Hall–Kier alpha value is -4.01. The van der Waals surface area contributed by atoms with Gasteiger partial charge in [0, 0.05) is 24.3 Å². The van der Waals surface area contributed by atoms with Crippen LogP contribution in [-0.2, 0) is 6.54 Å². The van der Waals surface area contributed by atoms with Crippen LogP contribution in [0.2, 0.25) is 0 Å². The molecule has 3 heterocycles. The first-order valence-corrected chi connectivity index (χ1v) is 9.36. The van der Waals surface area contributed by atoms with E-state index in [9.17, 15) is 13.6 Å². The summed E-state index contributed by atoms with van der Waals surface area (Å²) in [5, 5.41) is 6.93. The highest BCUT2D eigenvalue weighted by molar-refractivity contribution is 6.05. The number of hydrogen-bond donors (Lipinski definition) is 0. The number of anilines is 1. The lowest BCUT2D eigenvalue weighted by Gasteiger charge is -2.23. The smallest absolute Gasteiger partial charge is 0.314 e. The summed E-state index contributed by atoms with van der Waals surface area (Å²) in [6.07, 6.45) is 1.72. The van der Waals surface area contributed by atoms with Gasteiger partial charge in [-0.2, -0.15) is 8.78 Å². The van der Waals surface area contributed by atoms with E-state index in [2.05, 4.69) is 20.2 Å². The monoisotopic (exact) mass is 421 g/mol. The number of carbonyl (C=O) groups is 1. The average molecular weight is 421 g/mol. The van der Waals surface area contributed by atoms with Crippen molar-refractivity contribution in [2.75, 3.05) is 4.90 Å². The molecule has 0 aliphatic heterocycles. The van der Waals surface area contributed by atoms with Gasteiger partial charge in [0.15, 0.2) is 0 Å². The minimum Gasteiger partial charge on any atom is -0.415 e. The SMILES string of the molecule is Cc1cccc(N(Cc2ccc(-c3nnc(C(F)F)o3)cn2)C(=O)c2cccnc2)c1. The Morgan fingerprint density at radius 1 is 1.10 bits per heavy atom. The summed E-state index contributed by atoms with van der Waals surface area (Å²) in [6, 6.07) is 14.3. The summed E-state index contributed by atoms with van der Waals surface area (Å²) in [5.41, 5.74) is 3.18. The number of amides is 1. The maximum absolute atomic E-state index is 13.2. The third-order valence-electron chi connectivity index (χ3n) is 4.49. The van der Waals surface area contributed by atoms with Gasteiger partial charge in [-0.25, -0.2) is 0 Å². The van der Waals surface area contributed by atoms with Gasteiger partial charge in [-0.3, -0.25) is 14.8 Å². The molecule has 0 saturated carbocycles. The summed E-state index contributed by atoms with van der Waals surface area (Å²) in [4.78, 5) is 23.1. The molecule has 7 nitrogen and oxygen atoms in total. The quantitative estimate of drug-likeness (QED) is 0.452. The molecule has 1 aromatic carbocycles. The number of aromatic nitrogens is 4. The van der Waals surface area contributed by atoms with Crippen molar-refractivity contribution >= 4 is 11.6 Å². The van der Waals surface area contributed by atoms with E-state index in [1.165, 1.54) is 12.4 Å². The van der Waals surface area contributed by atoms with Crippen molar-refractivity contribution in [1.82, 2.24) is 20.2 Å². The molecule has 0 spiro atoms. The second-order valence-electron chi connectivity index (χ2n) is 6.76. The molecule has 0 N–H and O–H groups in total. The molecular formula is C22H17F2N5O2. The maximum Gasteiger partial charge on any atom is 0.314 e. The van der Waals surface area contributed by atoms with Crippen LogP contribution in [0.4, 0.5) is 14.5 Å². The summed E-state index contributed by atoms with van der Waals surface area (Å²) < 4.78 is 30.3. The first-order valence-electron chi connectivity index (χ1n) is 9.36. The minimum atomic E-state index is -2.84. The number of nitrogens with zero attached hydrogens (tertiary/aromatic N) is 5. The number of aryl methyl sites for hydroxylation is 1. The van der Waals surface area contributed by atoms with Crippen molar-refractivity contribution in [2.45, 2.75) is 19.9 Å². The summed E-state index contributed by atoms with van der Waals surface area (Å²) in [5.74, 6) is -1.01. The van der Waals surface area contributed by atoms with Crippen molar-refractivity contribution in [2.24, 2.45) is 0 Å². The van der Waals surface area contributed by atoms with E-state index in [-0.39, 0.29) is 18.3 Å². The first-order chi connectivity index (χ1) is 15.0. The van der Waals surface area contributed by atoms with Crippen LogP contribution >= 0.6 is 0 Å². The number of benzene rings is 1. The molecule has 0 unspecified atom stereocenters. The molecule has 9 heteroatoms. The molecule has 0 aliphatic rings. The number of carbonyl (C=O) groups excluding carboxylic acids is 1. The van der Waals surface area contributed by atoms with Gasteiger partial charge in [-0.1, -0.05) is 12.1 Å². The highest BCUT2D eigenvalue weighted by Crippen LogP contribution is 2.24. The van der Waals surface area contributed by atoms with Gasteiger partial charge >= 0.3 is 6.43 Å². The molecule has 31 heavy (non-hydrogen) atoms. The molecular weight excluding hydrogens is 404 g/mol. The molecule has 3 aromatic heterocycles. The van der Waals surface area contributed by atoms with Gasteiger partial charge in [0.25, 0.3) is 11.8 Å². The Morgan fingerprint density at radius 2 is 1.97 bits per heavy atom. The number of pyridine rings is 2. The van der Waals surface area contributed by atoms with Crippen LogP contribution in [0.1, 0.15) is 33.9 Å². The van der Waals surface area contributed by atoms with Crippen LogP contribution in [0, 0.1) is 6.92 Å². The van der Waals surface area contributed by atoms with Crippen molar-refractivity contribution in [3.05, 3.63) is 89.8 Å². The van der Waals surface area contributed by atoms with Gasteiger partial charge < -0.3 is 9.32 Å². The molecule has 0 fully saturated rings. The van der Waals surface area contributed by atoms with E-state index >= 15 is 0 Å². The van der Waals surface area contributed by atoms with Crippen molar-refractivity contribution < 1.29 is 18.0 Å². The predicted molar refractivity (Wildman–Crippen MR) is 108 cm³/mol. The zero-order valence-corrected chi connectivity index (χ0v) is 16.4. The second-order valence-corrected chi connectivity index (χ2v) is 6.76. The molecule has 0 atom stereocenters. The standard InChI is InChI=1S/C22H17F2N5O2/c1-14-4-2-6-18(10-14)29(22(30)16-5-3-9-25-11-16)13-17-8-7-15(12-26-17)20-27-28-21(31-20)19(23)24/h2-12,19H,13H2,1H3. The Balaban J connectivity index is 1.61. The fraction of sp³-hybridized carbons (Fsp3) is 0.136. The summed E-state index contributed by atoms with van der Waals surface area (Å²) in [6.45, 7) is 2.14. The van der Waals surface area contributed by atoms with Crippen LogP contribution in [0.3, 0.4) is 0 Å². The number of halogens is 2. The number of hydrogen-bond acceptors (Lipinski definition) is 6. The third-order valence-corrected chi connectivity index (χ3v) is 4.49. The Labute approximate surface area is 176 Å². The fourth-order valence-corrected chi connectivity index (χ4v) is 2.97. The lowest BCUT2D eigenvalue weighted by Crippen LogP contribution is -2.31. The third kappa shape index (κ3) is 4.61. The van der Waals surface area contributed by atoms with E-state index in [0.717, 1.165) is 11.3 Å². The zero-order valence-electron chi connectivity index (χ0n) is 16.4. The number of rotatable bonds is 6. The molecule has 0 bridgehead atoms. The first kappa shape index (κ1) is 20.3. The van der Waals surface area contributed by atoms with E-state index < -0.39 is 12.3 Å². The van der Waals surface area contributed by atoms with E-state index in [4.69, 9.17) is 4.42 Å². The second kappa shape index (κ2) is 8.78. The summed E-state index contributed by atoms with van der Waals surface area (Å²) >= 11 is 0. The highest BCUT2D eigenvalue weighted by atomic mass is 19.3. The summed E-state index contributed by atoms with van der Waals surface area (Å²) in [7, 11) is 0. The Morgan fingerprint density at radius 3 is 2.61 bits per heavy atom. The average Bonchev–Trinajstić information content (AvgIpc) is 3.29. The van der Waals surface area contributed by atoms with Gasteiger partial charge in [0.2, 0.25) is 5.89 Å². The van der Waals surface area contributed by atoms with Gasteiger partial charge in [0.1, 0.15) is 0 Å². The molecule has 0 radical (unpaired) electrons. The molecule has 4 aromatic rings. The molecule has 4 rings (SSSR count). The molecule has 0 saturated heterocycles. The normalized spacial score (nSPS) is 11.0. The van der Waals surface area contributed by atoms with Crippen LogP contribution in [0.5, 0.6) is 0 Å². The molecule has 0 aliphatic carbocycles. The van der Waals surface area contributed by atoms with Crippen molar-refractivity contribution in [3.8, 4) is 11.5 Å². The van der Waals surface area contributed by atoms with Gasteiger partial charge in [-0.15, -0.1) is 10.2 Å². The number of alkyl halides is 2. The Bertz CT molecular complexity index is 1180. The van der Waals surface area contributed by atoms with E-state index in [0.29, 0.717) is 16.8 Å². The predicted octanol–water partition coefficient (Wildman–Crippen LogP) is 4.62. The van der Waals surface area contributed by atoms with Crippen LogP contribution < -0.4 is 4.90 Å². The van der Waals surface area contributed by atoms with Crippen LogP contribution in [0.15, 0.2) is 71.5 Å². The van der Waals surface area contributed by atoms with Crippen molar-refractivity contribution in [3.63, 3.8) is 0 Å². The highest BCUT2D eigenvalue weighted by Gasteiger charge is 2.20. The maximum atomic E-state index is 13.2. The zero-order chi connectivity index (χ0) is 21.8. The largest absolute Gasteiger partial charge is 0.415 e. The molecule has 156 valence electrons. The minimum absolute atomic E-state index is 0.0451. The van der Waals surface area contributed by atoms with E-state index in [1.807, 2.05) is 31.2 Å². The molecule has 1 amide bonds. The lowest BCUT2D eigenvalue weighted by atomic mass is 10.1. The van der Waals surface area contributed by atoms with Crippen LogP contribution in [-0.4, -0.2) is 26.1 Å². The fourth-order valence-electron chi connectivity index (χ4n) is 2.97.